The van der Waals surface area contributed by atoms with Crippen LogP contribution >= 0.6 is 0 Å². The molecule has 2 atom stereocenters. The third-order valence-corrected chi connectivity index (χ3v) is 4.54. The average Bonchev–Trinajstić information content (AvgIpc) is 2.39. The number of hydrogen-bond acceptors (Lipinski definition) is 2. The summed E-state index contributed by atoms with van der Waals surface area (Å²) in [4.78, 5) is 2.59. The molecule has 2 rings (SSSR count). The van der Waals surface area contributed by atoms with Crippen molar-refractivity contribution in [1.29, 1.82) is 0 Å². The van der Waals surface area contributed by atoms with E-state index in [4.69, 9.17) is 0 Å². The van der Waals surface area contributed by atoms with Crippen molar-refractivity contribution < 1.29 is 0 Å². The first kappa shape index (κ1) is 15.5. The van der Waals surface area contributed by atoms with Crippen LogP contribution in [-0.2, 0) is 6.54 Å². The smallest absolute Gasteiger partial charge is 0.0234 e. The van der Waals surface area contributed by atoms with Crippen molar-refractivity contribution in [2.24, 2.45) is 5.41 Å². The Balaban J connectivity index is 1.86. The van der Waals surface area contributed by atoms with Gasteiger partial charge in [0.25, 0.3) is 0 Å². The van der Waals surface area contributed by atoms with Crippen LogP contribution in [0.4, 0.5) is 0 Å². The van der Waals surface area contributed by atoms with Crippen molar-refractivity contribution >= 4 is 0 Å². The number of nitrogens with one attached hydrogen (secondary N) is 1. The zero-order chi connectivity index (χ0) is 14.6. The largest absolute Gasteiger partial charge is 0.310 e. The Labute approximate surface area is 124 Å². The summed E-state index contributed by atoms with van der Waals surface area (Å²) >= 11 is 0. The molecule has 1 aliphatic heterocycles. The average molecular weight is 274 g/mol. The van der Waals surface area contributed by atoms with Crippen molar-refractivity contribution in [2.45, 2.75) is 59.2 Å². The molecule has 0 aromatic heterocycles. The van der Waals surface area contributed by atoms with Gasteiger partial charge in [0.15, 0.2) is 0 Å². The molecule has 1 saturated heterocycles. The fraction of sp³-hybridized carbons (Fsp3) is 0.667. The second kappa shape index (κ2) is 6.73. The number of rotatable bonds is 4. The molecule has 2 heteroatoms. The van der Waals surface area contributed by atoms with Crippen molar-refractivity contribution in [1.82, 2.24) is 10.2 Å². The predicted octanol–water partition coefficient (Wildman–Crippen LogP) is 3.68. The summed E-state index contributed by atoms with van der Waals surface area (Å²) in [6.07, 6.45) is 2.62. The Morgan fingerprint density at radius 2 is 1.95 bits per heavy atom. The minimum absolute atomic E-state index is 0.335. The van der Waals surface area contributed by atoms with Crippen molar-refractivity contribution in [3.8, 4) is 0 Å². The number of hydrogen-bond donors (Lipinski definition) is 1. The first-order valence-corrected chi connectivity index (χ1v) is 7.97. The molecule has 1 N–H and O–H groups in total. The second-order valence-corrected chi connectivity index (χ2v) is 7.31. The molecule has 0 saturated carbocycles. The molecule has 1 aromatic carbocycles. The summed E-state index contributed by atoms with van der Waals surface area (Å²) in [5.41, 5.74) is 1.76. The molecule has 1 aliphatic rings. The first-order valence-electron chi connectivity index (χ1n) is 7.97. The molecule has 0 spiro atoms. The van der Waals surface area contributed by atoms with Crippen LogP contribution in [0.25, 0.3) is 0 Å². The summed E-state index contributed by atoms with van der Waals surface area (Å²) in [5.74, 6) is 0. The van der Waals surface area contributed by atoms with Gasteiger partial charge in [-0.05, 0) is 37.3 Å². The second-order valence-electron chi connectivity index (χ2n) is 7.31. The van der Waals surface area contributed by atoms with Gasteiger partial charge in [-0.15, -0.1) is 0 Å². The highest BCUT2D eigenvalue weighted by Crippen LogP contribution is 2.21. The zero-order valence-corrected chi connectivity index (χ0v) is 13.5. The van der Waals surface area contributed by atoms with E-state index >= 15 is 0 Å². The number of benzene rings is 1. The lowest BCUT2D eigenvalue weighted by atomic mass is 9.87. The van der Waals surface area contributed by atoms with E-state index in [0.29, 0.717) is 17.5 Å². The number of nitrogens with zero attached hydrogens (tertiary/aromatic N) is 1. The van der Waals surface area contributed by atoms with Gasteiger partial charge in [-0.2, -0.15) is 0 Å². The van der Waals surface area contributed by atoms with Gasteiger partial charge in [0, 0.05) is 25.2 Å². The number of piperidine rings is 1. The highest BCUT2D eigenvalue weighted by Gasteiger charge is 2.26. The van der Waals surface area contributed by atoms with Gasteiger partial charge < -0.3 is 5.32 Å². The van der Waals surface area contributed by atoms with E-state index in [2.05, 4.69) is 68.2 Å². The maximum Gasteiger partial charge on any atom is 0.0234 e. The quantitative estimate of drug-likeness (QED) is 0.901. The molecule has 0 aliphatic carbocycles. The van der Waals surface area contributed by atoms with E-state index in [1.54, 1.807) is 0 Å². The van der Waals surface area contributed by atoms with Gasteiger partial charge >= 0.3 is 0 Å². The highest BCUT2D eigenvalue weighted by atomic mass is 15.2. The lowest BCUT2D eigenvalue weighted by Gasteiger charge is -2.38. The van der Waals surface area contributed by atoms with Crippen LogP contribution < -0.4 is 5.32 Å². The normalized spacial score (nSPS) is 22.7. The minimum atomic E-state index is 0.335. The molecular formula is C18H30N2. The molecular weight excluding hydrogens is 244 g/mol. The molecule has 2 unspecified atom stereocenters. The van der Waals surface area contributed by atoms with E-state index < -0.39 is 0 Å². The molecule has 0 bridgehead atoms. The van der Waals surface area contributed by atoms with E-state index in [1.807, 2.05) is 0 Å². The van der Waals surface area contributed by atoms with Crippen molar-refractivity contribution in [2.75, 3.05) is 13.1 Å². The Kier molecular flexibility index (Phi) is 5.22. The standard InChI is InChI=1S/C18H30N2/c1-15(18(2,3)4)19-17-11-8-12-20(14-17)13-16-9-6-5-7-10-16/h5-7,9-10,15,17,19H,8,11-14H2,1-4H3. The van der Waals surface area contributed by atoms with Crippen LogP contribution in [-0.4, -0.2) is 30.1 Å². The van der Waals surface area contributed by atoms with Gasteiger partial charge in [-0.3, -0.25) is 4.90 Å². The van der Waals surface area contributed by atoms with E-state index in [1.165, 1.54) is 31.5 Å². The fourth-order valence-corrected chi connectivity index (χ4v) is 2.78. The summed E-state index contributed by atoms with van der Waals surface area (Å²) in [7, 11) is 0. The van der Waals surface area contributed by atoms with Gasteiger partial charge in [0.1, 0.15) is 0 Å². The molecule has 1 aromatic rings. The van der Waals surface area contributed by atoms with Crippen molar-refractivity contribution in [3.05, 3.63) is 35.9 Å². The molecule has 0 radical (unpaired) electrons. The lowest BCUT2D eigenvalue weighted by molar-refractivity contribution is 0.157. The van der Waals surface area contributed by atoms with E-state index in [0.717, 1.165) is 6.54 Å². The Morgan fingerprint density at radius 1 is 1.25 bits per heavy atom. The van der Waals surface area contributed by atoms with Crippen LogP contribution in [0.15, 0.2) is 30.3 Å². The van der Waals surface area contributed by atoms with Crippen LogP contribution in [0.5, 0.6) is 0 Å². The summed E-state index contributed by atoms with van der Waals surface area (Å²) < 4.78 is 0. The molecule has 20 heavy (non-hydrogen) atoms. The third-order valence-electron chi connectivity index (χ3n) is 4.54. The van der Waals surface area contributed by atoms with Gasteiger partial charge in [0.05, 0.1) is 0 Å². The maximum absolute atomic E-state index is 3.83. The monoisotopic (exact) mass is 274 g/mol. The van der Waals surface area contributed by atoms with Gasteiger partial charge in [-0.25, -0.2) is 0 Å². The highest BCUT2D eigenvalue weighted by molar-refractivity contribution is 5.14. The zero-order valence-electron chi connectivity index (χ0n) is 13.5. The fourth-order valence-electron chi connectivity index (χ4n) is 2.78. The Bertz CT molecular complexity index is 394. The van der Waals surface area contributed by atoms with Gasteiger partial charge in [0.2, 0.25) is 0 Å². The van der Waals surface area contributed by atoms with Crippen LogP contribution in [0.1, 0.15) is 46.1 Å². The van der Waals surface area contributed by atoms with Crippen LogP contribution in [0.2, 0.25) is 0 Å². The van der Waals surface area contributed by atoms with E-state index in [9.17, 15) is 0 Å². The Hall–Kier alpha value is -0.860. The SMILES string of the molecule is CC(NC1CCCN(Cc2ccccc2)C1)C(C)(C)C. The topological polar surface area (TPSA) is 15.3 Å². The first-order chi connectivity index (χ1) is 9.45. The van der Waals surface area contributed by atoms with Crippen molar-refractivity contribution in [3.63, 3.8) is 0 Å². The van der Waals surface area contributed by atoms with Crippen LogP contribution in [0, 0.1) is 5.41 Å². The molecule has 0 amide bonds. The Morgan fingerprint density at radius 3 is 2.60 bits per heavy atom. The third kappa shape index (κ3) is 4.60. The summed E-state index contributed by atoms with van der Waals surface area (Å²) in [6.45, 7) is 12.8. The molecule has 112 valence electrons. The van der Waals surface area contributed by atoms with Crippen LogP contribution in [0.3, 0.4) is 0 Å². The summed E-state index contributed by atoms with van der Waals surface area (Å²) in [5, 5.41) is 3.83. The lowest BCUT2D eigenvalue weighted by Crippen LogP contribution is -2.51. The molecule has 2 nitrogen and oxygen atoms in total. The van der Waals surface area contributed by atoms with E-state index in [-0.39, 0.29) is 0 Å². The molecule has 1 fully saturated rings. The number of likely N-dealkylation sites (tertiary alicyclic amines) is 1. The van der Waals surface area contributed by atoms with Gasteiger partial charge in [-0.1, -0.05) is 51.1 Å². The minimum Gasteiger partial charge on any atom is -0.310 e. The maximum atomic E-state index is 3.83. The molecule has 1 heterocycles. The predicted molar refractivity (Wildman–Crippen MR) is 86.8 cm³/mol. The summed E-state index contributed by atoms with van der Waals surface area (Å²) in [6, 6.07) is 12.0.